The van der Waals surface area contributed by atoms with Crippen LogP contribution in [-0.4, -0.2) is 61.3 Å². The van der Waals surface area contributed by atoms with Crippen LogP contribution in [0.5, 0.6) is 0 Å². The highest BCUT2D eigenvalue weighted by molar-refractivity contribution is 6.76. The summed E-state index contributed by atoms with van der Waals surface area (Å²) in [4.78, 5) is 7.07. The molecule has 29 heavy (non-hydrogen) atoms. The molecule has 0 saturated carbocycles. The molecule has 2 saturated heterocycles. The van der Waals surface area contributed by atoms with E-state index in [0.29, 0.717) is 6.73 Å². The van der Waals surface area contributed by atoms with Crippen LogP contribution in [0.15, 0.2) is 18.5 Å². The average molecular weight is 418 g/mol. The van der Waals surface area contributed by atoms with Gasteiger partial charge in [0.15, 0.2) is 0 Å². The summed E-state index contributed by atoms with van der Waals surface area (Å²) < 4.78 is 13.7. The van der Waals surface area contributed by atoms with Crippen LogP contribution in [0.4, 0.5) is 5.82 Å². The van der Waals surface area contributed by atoms with Crippen LogP contribution in [-0.2, 0) is 16.2 Å². The van der Waals surface area contributed by atoms with Gasteiger partial charge in [-0.1, -0.05) is 19.6 Å². The van der Waals surface area contributed by atoms with E-state index in [1.165, 1.54) is 6.04 Å². The molecule has 0 bridgehead atoms. The first kappa shape index (κ1) is 20.8. The van der Waals surface area contributed by atoms with Gasteiger partial charge in [-0.25, -0.2) is 9.67 Å². The second-order valence-corrected chi connectivity index (χ2v) is 15.6. The van der Waals surface area contributed by atoms with Crippen molar-refractivity contribution in [1.82, 2.24) is 14.8 Å². The maximum absolute atomic E-state index is 6.47. The zero-order valence-electron chi connectivity index (χ0n) is 18.2. The fraction of sp³-hybridized carbons (Fsp3) is 0.714. The Bertz CT molecular complexity index is 841. The monoisotopic (exact) mass is 417 g/mol. The van der Waals surface area contributed by atoms with E-state index in [4.69, 9.17) is 20.2 Å². The standard InChI is InChI=1S/C21H35N5O2Si/c1-16-19(22)21(14-28-16)6-9-25(10-7-21)20-17-13-24-26(18(17)5-8-23-20)15-27-11-12-29(2,3)4/h5,8,13,16,19H,6-7,9-12,14-15,22H2,1-4H3/t16-,19+/m0/s1. The van der Waals surface area contributed by atoms with Gasteiger partial charge in [-0.15, -0.1) is 0 Å². The minimum atomic E-state index is -1.08. The summed E-state index contributed by atoms with van der Waals surface area (Å²) in [6, 6.07) is 3.32. The van der Waals surface area contributed by atoms with Crippen LogP contribution in [0.1, 0.15) is 19.8 Å². The van der Waals surface area contributed by atoms with Gasteiger partial charge >= 0.3 is 0 Å². The number of nitrogens with zero attached hydrogens (tertiary/aromatic N) is 4. The molecule has 2 N–H and O–H groups in total. The lowest BCUT2D eigenvalue weighted by atomic mass is 9.73. The van der Waals surface area contributed by atoms with Crippen molar-refractivity contribution in [3.05, 3.63) is 18.5 Å². The van der Waals surface area contributed by atoms with Crippen LogP contribution in [0.2, 0.25) is 25.7 Å². The lowest BCUT2D eigenvalue weighted by molar-refractivity contribution is 0.0817. The number of fused-ring (bicyclic) bond motifs is 1. The largest absolute Gasteiger partial charge is 0.376 e. The van der Waals surface area contributed by atoms with Crippen molar-refractivity contribution in [1.29, 1.82) is 0 Å². The summed E-state index contributed by atoms with van der Waals surface area (Å²) in [6.45, 7) is 13.2. The molecule has 4 heterocycles. The van der Waals surface area contributed by atoms with Gasteiger partial charge in [0.05, 0.1) is 29.8 Å². The highest BCUT2D eigenvalue weighted by Crippen LogP contribution is 2.42. The van der Waals surface area contributed by atoms with E-state index in [9.17, 15) is 0 Å². The molecular weight excluding hydrogens is 382 g/mol. The number of piperidine rings is 1. The van der Waals surface area contributed by atoms with Gasteiger partial charge in [-0.3, -0.25) is 0 Å². The van der Waals surface area contributed by atoms with Crippen LogP contribution < -0.4 is 10.6 Å². The third-order valence-corrected chi connectivity index (χ3v) is 8.37. The minimum absolute atomic E-state index is 0.123. The van der Waals surface area contributed by atoms with Gasteiger partial charge in [-0.2, -0.15) is 5.10 Å². The third kappa shape index (κ3) is 4.21. The van der Waals surface area contributed by atoms with Crippen LogP contribution in [0, 0.1) is 5.41 Å². The van der Waals surface area contributed by atoms with Gasteiger partial charge in [0.2, 0.25) is 0 Å². The molecular formula is C21H35N5O2Si. The smallest absolute Gasteiger partial charge is 0.139 e. The molecule has 160 valence electrons. The minimum Gasteiger partial charge on any atom is -0.376 e. The molecule has 2 aromatic rings. The predicted octanol–water partition coefficient (Wildman–Crippen LogP) is 3.08. The Morgan fingerprint density at radius 3 is 2.72 bits per heavy atom. The molecule has 0 unspecified atom stereocenters. The lowest BCUT2D eigenvalue weighted by Crippen LogP contribution is -2.50. The Kier molecular flexibility index (Phi) is 5.72. The van der Waals surface area contributed by atoms with Crippen molar-refractivity contribution in [2.75, 3.05) is 31.2 Å². The van der Waals surface area contributed by atoms with E-state index in [0.717, 1.165) is 55.9 Å². The fourth-order valence-corrected chi connectivity index (χ4v) is 5.27. The molecule has 2 atom stereocenters. The van der Waals surface area contributed by atoms with Crippen molar-refractivity contribution in [3.63, 3.8) is 0 Å². The van der Waals surface area contributed by atoms with Crippen molar-refractivity contribution in [2.45, 2.75) is 64.3 Å². The number of rotatable bonds is 6. The first-order valence-electron chi connectivity index (χ1n) is 10.8. The molecule has 7 nitrogen and oxygen atoms in total. The number of nitrogens with two attached hydrogens (primary N) is 1. The summed E-state index contributed by atoms with van der Waals surface area (Å²) in [5, 5.41) is 5.67. The van der Waals surface area contributed by atoms with E-state index < -0.39 is 8.07 Å². The van der Waals surface area contributed by atoms with Crippen molar-refractivity contribution in [3.8, 4) is 0 Å². The third-order valence-electron chi connectivity index (χ3n) is 6.67. The van der Waals surface area contributed by atoms with E-state index in [1.807, 2.05) is 23.1 Å². The van der Waals surface area contributed by atoms with Crippen LogP contribution >= 0.6 is 0 Å². The molecule has 0 amide bonds. The second kappa shape index (κ2) is 7.98. The van der Waals surface area contributed by atoms with E-state index in [-0.39, 0.29) is 17.6 Å². The van der Waals surface area contributed by atoms with Crippen LogP contribution in [0.25, 0.3) is 10.9 Å². The van der Waals surface area contributed by atoms with E-state index >= 15 is 0 Å². The Morgan fingerprint density at radius 2 is 2.07 bits per heavy atom. The quantitative estimate of drug-likeness (QED) is 0.575. The number of pyridine rings is 1. The molecule has 8 heteroatoms. The lowest BCUT2D eigenvalue weighted by Gasteiger charge is -2.41. The first-order chi connectivity index (χ1) is 13.8. The zero-order chi connectivity index (χ0) is 20.6. The second-order valence-electron chi connectivity index (χ2n) is 9.95. The molecule has 0 aromatic carbocycles. The Labute approximate surface area is 174 Å². The molecule has 0 radical (unpaired) electrons. The highest BCUT2D eigenvalue weighted by atomic mass is 28.3. The van der Waals surface area contributed by atoms with Gasteiger partial charge in [0.1, 0.15) is 12.5 Å². The molecule has 2 aliphatic rings. The maximum atomic E-state index is 6.47. The van der Waals surface area contributed by atoms with E-state index in [2.05, 4.69) is 36.6 Å². The van der Waals surface area contributed by atoms with Crippen molar-refractivity contribution < 1.29 is 9.47 Å². The Balaban J connectivity index is 1.43. The molecule has 1 spiro atoms. The predicted molar refractivity (Wildman–Crippen MR) is 119 cm³/mol. The molecule has 2 fully saturated rings. The molecule has 4 rings (SSSR count). The topological polar surface area (TPSA) is 78.4 Å². The number of hydrogen-bond donors (Lipinski definition) is 1. The van der Waals surface area contributed by atoms with Gasteiger partial charge in [-0.05, 0) is 31.9 Å². The summed E-state index contributed by atoms with van der Waals surface area (Å²) in [6.07, 6.45) is 6.06. The molecule has 2 aliphatic heterocycles. The number of hydrogen-bond acceptors (Lipinski definition) is 6. The zero-order valence-corrected chi connectivity index (χ0v) is 19.2. The van der Waals surface area contributed by atoms with Crippen LogP contribution in [0.3, 0.4) is 0 Å². The van der Waals surface area contributed by atoms with Gasteiger partial charge in [0, 0.05) is 45.4 Å². The highest BCUT2D eigenvalue weighted by Gasteiger charge is 2.47. The SMILES string of the molecule is C[C@@H]1OCC2(CCN(c3nccc4c3cnn4COCC[Si](C)(C)C)CC2)[C@@H]1N. The van der Waals surface area contributed by atoms with Crippen molar-refractivity contribution >= 4 is 24.8 Å². The molecule has 2 aromatic heterocycles. The number of aromatic nitrogens is 3. The average Bonchev–Trinajstić information content (AvgIpc) is 3.22. The number of anilines is 1. The Morgan fingerprint density at radius 1 is 1.31 bits per heavy atom. The van der Waals surface area contributed by atoms with Crippen molar-refractivity contribution in [2.24, 2.45) is 11.1 Å². The summed E-state index contributed by atoms with van der Waals surface area (Å²) >= 11 is 0. The summed E-state index contributed by atoms with van der Waals surface area (Å²) in [5.74, 6) is 1.02. The maximum Gasteiger partial charge on any atom is 0.139 e. The van der Waals surface area contributed by atoms with Gasteiger partial charge < -0.3 is 20.1 Å². The Hall–Kier alpha value is -1.48. The van der Waals surface area contributed by atoms with E-state index in [1.54, 1.807) is 0 Å². The normalized spacial score (nSPS) is 24.7. The summed E-state index contributed by atoms with van der Waals surface area (Å²) in [5.41, 5.74) is 7.67. The fourth-order valence-electron chi connectivity index (χ4n) is 4.51. The number of ether oxygens (including phenoxy) is 2. The first-order valence-corrected chi connectivity index (χ1v) is 14.5. The summed E-state index contributed by atoms with van der Waals surface area (Å²) in [7, 11) is -1.08. The van der Waals surface area contributed by atoms with Gasteiger partial charge in [0.25, 0.3) is 0 Å². The molecule has 0 aliphatic carbocycles.